The smallest absolute Gasteiger partial charge is 0.363 e. The first-order valence-electron chi connectivity index (χ1n) is 3.84. The number of nitrogens with zero attached hydrogens (tertiary/aromatic N) is 1. The van der Waals surface area contributed by atoms with E-state index in [0.717, 1.165) is 10.6 Å². The molecule has 0 aromatic carbocycles. The quantitative estimate of drug-likeness (QED) is 0.669. The number of thioether (sulfide) groups is 1. The van der Waals surface area contributed by atoms with E-state index in [4.69, 9.17) is 5.11 Å². The van der Waals surface area contributed by atoms with Gasteiger partial charge in [0, 0.05) is 21.5 Å². The van der Waals surface area contributed by atoms with Gasteiger partial charge in [-0.25, -0.2) is 4.79 Å². The summed E-state index contributed by atoms with van der Waals surface area (Å²) in [5.41, 5.74) is 0. The van der Waals surface area contributed by atoms with E-state index in [9.17, 15) is 4.79 Å². The number of fused-ring (bicyclic) bond motifs is 1. The normalized spacial score (nSPS) is 19.3. The molecule has 2 heterocycles. The Morgan fingerprint density at radius 2 is 2.43 bits per heavy atom. The van der Waals surface area contributed by atoms with Gasteiger partial charge in [0.2, 0.25) is 0 Å². The summed E-state index contributed by atoms with van der Waals surface area (Å²) < 4.78 is 1.71. The molecule has 0 amide bonds. The molecule has 2 rings (SSSR count). The van der Waals surface area contributed by atoms with E-state index in [1.807, 2.05) is 17.5 Å². The summed E-state index contributed by atoms with van der Waals surface area (Å²) in [6, 6.07) is 3.77. The molecule has 0 fully saturated rings. The number of rotatable bonds is 0. The average molecular weight is 225 g/mol. The summed E-state index contributed by atoms with van der Waals surface area (Å²) in [5.74, 6) is 0. The van der Waals surface area contributed by atoms with Crippen LogP contribution in [0.1, 0.15) is 0 Å². The van der Waals surface area contributed by atoms with Crippen LogP contribution in [0.2, 0.25) is 0 Å². The van der Waals surface area contributed by atoms with Crippen molar-refractivity contribution in [3.05, 3.63) is 28.9 Å². The van der Waals surface area contributed by atoms with E-state index in [2.05, 4.69) is 4.98 Å². The minimum Gasteiger partial charge on any atom is -0.473 e. The Morgan fingerprint density at radius 1 is 1.57 bits per heavy atom. The van der Waals surface area contributed by atoms with Crippen LogP contribution in [-0.4, -0.2) is 20.1 Å². The number of pyridine rings is 1. The largest absolute Gasteiger partial charge is 0.473 e. The SMILES string of the molecule is O=C(O)S1=CSC=c2cccnc2=C1. The zero-order valence-electron chi connectivity index (χ0n) is 7.08. The van der Waals surface area contributed by atoms with Gasteiger partial charge in [-0.1, -0.05) is 17.8 Å². The first kappa shape index (κ1) is 9.48. The Labute approximate surface area is 87.1 Å². The molecule has 3 nitrogen and oxygen atoms in total. The minimum atomic E-state index is -0.839. The molecule has 14 heavy (non-hydrogen) atoms. The van der Waals surface area contributed by atoms with Gasteiger partial charge in [0.15, 0.2) is 0 Å². The molecule has 1 aromatic rings. The predicted molar refractivity (Wildman–Crippen MR) is 61.7 cm³/mol. The predicted octanol–water partition coefficient (Wildman–Crippen LogP) is 1.01. The summed E-state index contributed by atoms with van der Waals surface area (Å²) in [6.07, 6.45) is 1.67. The molecule has 0 radical (unpaired) electrons. The number of carboxylic acid groups (broad SMARTS) is 1. The van der Waals surface area contributed by atoms with Crippen LogP contribution in [0.4, 0.5) is 4.79 Å². The first-order chi connectivity index (χ1) is 6.77. The van der Waals surface area contributed by atoms with E-state index < -0.39 is 15.8 Å². The van der Waals surface area contributed by atoms with Crippen molar-refractivity contribution in [2.45, 2.75) is 0 Å². The summed E-state index contributed by atoms with van der Waals surface area (Å²) >= 11 is 1.41. The molecule has 0 aliphatic carbocycles. The molecule has 1 aliphatic heterocycles. The summed E-state index contributed by atoms with van der Waals surface area (Å²) in [5, 5.41) is 13.4. The molecule has 0 bridgehead atoms. The van der Waals surface area contributed by atoms with Crippen LogP contribution in [0, 0.1) is 0 Å². The minimum absolute atomic E-state index is 0.750. The second-order valence-electron chi connectivity index (χ2n) is 2.58. The van der Waals surface area contributed by atoms with Crippen molar-refractivity contribution in [3.8, 4) is 0 Å². The Hall–Kier alpha value is -1.07. The molecule has 0 saturated carbocycles. The third-order valence-electron chi connectivity index (χ3n) is 1.67. The topological polar surface area (TPSA) is 50.2 Å². The molecule has 1 N–H and O–H groups in total. The molecular formula is C9H7NO2S2. The number of carbonyl (C=O) groups is 1. The molecular weight excluding hydrogens is 218 g/mol. The summed E-state index contributed by atoms with van der Waals surface area (Å²) in [4.78, 5) is 14.9. The third kappa shape index (κ3) is 1.88. The van der Waals surface area contributed by atoms with Gasteiger partial charge in [-0.05, 0) is 22.0 Å². The molecule has 0 spiro atoms. The average Bonchev–Trinajstić information content (AvgIpc) is 2.39. The lowest BCUT2D eigenvalue weighted by atomic mass is 10.4. The van der Waals surface area contributed by atoms with E-state index >= 15 is 0 Å². The van der Waals surface area contributed by atoms with E-state index in [1.165, 1.54) is 11.8 Å². The van der Waals surface area contributed by atoms with Crippen LogP contribution >= 0.6 is 22.2 Å². The lowest BCUT2D eigenvalue weighted by Gasteiger charge is -1.92. The van der Waals surface area contributed by atoms with Gasteiger partial charge in [0.05, 0.1) is 5.35 Å². The zero-order valence-corrected chi connectivity index (χ0v) is 8.72. The van der Waals surface area contributed by atoms with Crippen LogP contribution in [0.25, 0.3) is 10.8 Å². The maximum atomic E-state index is 10.8. The maximum Gasteiger partial charge on any atom is 0.363 e. The second kappa shape index (κ2) is 3.98. The zero-order chi connectivity index (χ0) is 9.97. The fraction of sp³-hybridized carbons (Fsp3) is 0. The number of hydrogen-bond acceptors (Lipinski definition) is 3. The number of aromatic nitrogens is 1. The van der Waals surface area contributed by atoms with Gasteiger partial charge in [0.1, 0.15) is 0 Å². The summed E-state index contributed by atoms with van der Waals surface area (Å²) in [6.45, 7) is 0. The van der Waals surface area contributed by atoms with Gasteiger partial charge in [-0.2, -0.15) is 0 Å². The summed E-state index contributed by atoms with van der Waals surface area (Å²) in [7, 11) is -0.839. The van der Waals surface area contributed by atoms with Gasteiger partial charge >= 0.3 is 5.30 Å². The van der Waals surface area contributed by atoms with Crippen LogP contribution in [0.5, 0.6) is 0 Å². The highest BCUT2D eigenvalue weighted by molar-refractivity contribution is 8.44. The molecule has 1 aromatic heterocycles. The van der Waals surface area contributed by atoms with Gasteiger partial charge < -0.3 is 5.11 Å². The Bertz CT molecular complexity index is 522. The first-order valence-corrected chi connectivity index (χ1v) is 6.13. The highest BCUT2D eigenvalue weighted by Gasteiger charge is 2.03. The van der Waals surface area contributed by atoms with Crippen molar-refractivity contribution in [3.63, 3.8) is 0 Å². The molecule has 1 atom stereocenters. The maximum absolute atomic E-state index is 10.8. The van der Waals surface area contributed by atoms with Crippen molar-refractivity contribution >= 4 is 43.1 Å². The monoisotopic (exact) mass is 225 g/mol. The van der Waals surface area contributed by atoms with Gasteiger partial charge in [0.25, 0.3) is 0 Å². The fourth-order valence-electron chi connectivity index (χ4n) is 1.03. The van der Waals surface area contributed by atoms with Crippen LogP contribution in [0.3, 0.4) is 0 Å². The fourth-order valence-corrected chi connectivity index (χ4v) is 3.17. The van der Waals surface area contributed by atoms with Crippen molar-refractivity contribution in [1.29, 1.82) is 0 Å². The molecule has 72 valence electrons. The highest BCUT2D eigenvalue weighted by Crippen LogP contribution is 2.19. The van der Waals surface area contributed by atoms with Crippen molar-refractivity contribution in [2.24, 2.45) is 0 Å². The third-order valence-corrected chi connectivity index (χ3v) is 4.21. The van der Waals surface area contributed by atoms with Crippen LogP contribution in [0.15, 0.2) is 18.3 Å². The van der Waals surface area contributed by atoms with Crippen LogP contribution < -0.4 is 10.6 Å². The van der Waals surface area contributed by atoms with Crippen molar-refractivity contribution in [2.75, 3.05) is 0 Å². The standard InChI is InChI=1S/C9H7NO2S2/c11-9(12)14-5-8-7(4-13-6-14)2-1-3-10-8/h1-6H,(H,11,12). The van der Waals surface area contributed by atoms with Gasteiger partial charge in [-0.3, -0.25) is 4.98 Å². The van der Waals surface area contributed by atoms with E-state index in [0.29, 0.717) is 0 Å². The van der Waals surface area contributed by atoms with Crippen LogP contribution in [-0.2, 0) is 0 Å². The van der Waals surface area contributed by atoms with E-state index in [1.54, 1.807) is 16.3 Å². The molecule has 1 unspecified atom stereocenters. The molecule has 0 saturated heterocycles. The van der Waals surface area contributed by atoms with E-state index in [-0.39, 0.29) is 0 Å². The lowest BCUT2D eigenvalue weighted by molar-refractivity contribution is 0.222. The second-order valence-corrected chi connectivity index (χ2v) is 5.19. The highest BCUT2D eigenvalue weighted by atomic mass is 32.2. The Balaban J connectivity index is 2.65. The molecule has 1 aliphatic rings. The Morgan fingerprint density at radius 3 is 3.21 bits per heavy atom. The van der Waals surface area contributed by atoms with Crippen molar-refractivity contribution < 1.29 is 9.90 Å². The van der Waals surface area contributed by atoms with Crippen molar-refractivity contribution in [1.82, 2.24) is 4.98 Å². The molecule has 5 heteroatoms. The van der Waals surface area contributed by atoms with Gasteiger partial charge in [-0.15, -0.1) is 0 Å². The Kier molecular flexibility index (Phi) is 2.69. The number of hydrogen-bond donors (Lipinski definition) is 1. The lowest BCUT2D eigenvalue weighted by Crippen LogP contribution is -2.26.